The molecule has 1 aromatic rings. The van der Waals surface area contributed by atoms with E-state index in [1.165, 1.54) is 0 Å². The van der Waals surface area contributed by atoms with Crippen molar-refractivity contribution >= 4 is 5.97 Å². The molecule has 2 atom stereocenters. The molecule has 1 aliphatic heterocycles. The second-order valence-electron chi connectivity index (χ2n) is 6.20. The van der Waals surface area contributed by atoms with Crippen LogP contribution in [0.15, 0.2) is 0 Å². The monoisotopic (exact) mass is 294 g/mol. The molecular weight excluding hydrogens is 272 g/mol. The number of esters is 1. The number of ether oxygens (including phenoxy) is 2. The zero-order valence-electron chi connectivity index (χ0n) is 12.6. The Balaban J connectivity index is 1.99. The van der Waals surface area contributed by atoms with Gasteiger partial charge in [-0.25, -0.2) is 9.48 Å². The average Bonchev–Trinajstić information content (AvgIpc) is 2.76. The van der Waals surface area contributed by atoms with Crippen LogP contribution in [0.25, 0.3) is 0 Å². The summed E-state index contributed by atoms with van der Waals surface area (Å²) in [5.41, 5.74) is 2.25. The Kier molecular flexibility index (Phi) is 3.75. The minimum atomic E-state index is -0.362. The number of hydrogen-bond donors (Lipinski definition) is 1. The average molecular weight is 294 g/mol. The Morgan fingerprint density at radius 2 is 2.38 bits per heavy atom. The van der Waals surface area contributed by atoms with Gasteiger partial charge in [-0.05, 0) is 31.6 Å². The van der Waals surface area contributed by atoms with Crippen molar-refractivity contribution in [1.29, 1.82) is 0 Å². The Morgan fingerprint density at radius 1 is 1.62 bits per heavy atom. The molecular formula is C15H22N2O4. The molecule has 0 bridgehead atoms. The van der Waals surface area contributed by atoms with E-state index in [1.807, 2.05) is 4.68 Å². The van der Waals surface area contributed by atoms with E-state index in [0.717, 1.165) is 37.1 Å². The predicted molar refractivity (Wildman–Crippen MR) is 75.0 cm³/mol. The summed E-state index contributed by atoms with van der Waals surface area (Å²) in [7, 11) is 0. The number of fused-ring (bicyclic) bond motifs is 1. The first-order valence-corrected chi connectivity index (χ1v) is 7.58. The highest BCUT2D eigenvalue weighted by atomic mass is 16.5. The Labute approximate surface area is 124 Å². The number of aliphatic hydroxyl groups is 1. The van der Waals surface area contributed by atoms with Gasteiger partial charge in [0.2, 0.25) is 0 Å². The fourth-order valence-electron chi connectivity index (χ4n) is 3.03. The van der Waals surface area contributed by atoms with Gasteiger partial charge >= 0.3 is 5.97 Å². The largest absolute Gasteiger partial charge is 0.461 e. The maximum Gasteiger partial charge on any atom is 0.359 e. The summed E-state index contributed by atoms with van der Waals surface area (Å²) in [6.07, 6.45) is 3.13. The third-order valence-corrected chi connectivity index (χ3v) is 4.49. The zero-order valence-corrected chi connectivity index (χ0v) is 12.6. The minimum absolute atomic E-state index is 0.0806. The lowest BCUT2D eigenvalue weighted by Gasteiger charge is -2.34. The first-order valence-electron chi connectivity index (χ1n) is 7.58. The lowest BCUT2D eigenvalue weighted by molar-refractivity contribution is -0.109. The molecule has 1 saturated heterocycles. The summed E-state index contributed by atoms with van der Waals surface area (Å²) >= 11 is 0. The van der Waals surface area contributed by atoms with Gasteiger partial charge in [-0.2, -0.15) is 5.10 Å². The van der Waals surface area contributed by atoms with Crippen molar-refractivity contribution in [3.63, 3.8) is 0 Å². The van der Waals surface area contributed by atoms with Crippen molar-refractivity contribution in [2.75, 3.05) is 19.8 Å². The molecule has 0 aromatic carbocycles. The molecule has 0 amide bonds. The zero-order chi connectivity index (χ0) is 15.0. The van der Waals surface area contributed by atoms with Crippen molar-refractivity contribution < 1.29 is 19.4 Å². The van der Waals surface area contributed by atoms with Gasteiger partial charge in [-0.1, -0.05) is 6.92 Å². The van der Waals surface area contributed by atoms with Crippen molar-refractivity contribution in [3.05, 3.63) is 17.0 Å². The van der Waals surface area contributed by atoms with Gasteiger partial charge in [-0.3, -0.25) is 0 Å². The molecule has 0 spiro atoms. The van der Waals surface area contributed by atoms with Gasteiger partial charge in [0, 0.05) is 24.3 Å². The lowest BCUT2D eigenvalue weighted by Crippen LogP contribution is -2.33. The van der Waals surface area contributed by atoms with Crippen LogP contribution in [-0.4, -0.2) is 40.7 Å². The standard InChI is InChI=1S/C15H22N2O4/c1-3-20-14(19)13-10-4-6-15(2,9-18)8-11(10)17(16-13)12-5-7-21-12/h12,18H,3-9H2,1-2H3. The first kappa shape index (κ1) is 14.5. The highest BCUT2D eigenvalue weighted by Gasteiger charge is 2.38. The number of aromatic nitrogens is 2. The van der Waals surface area contributed by atoms with Crippen LogP contribution in [0, 0.1) is 5.41 Å². The van der Waals surface area contributed by atoms with Gasteiger partial charge < -0.3 is 14.6 Å². The van der Waals surface area contributed by atoms with E-state index in [2.05, 4.69) is 12.0 Å². The maximum absolute atomic E-state index is 12.1. The molecule has 2 aliphatic rings. The van der Waals surface area contributed by atoms with Gasteiger partial charge in [0.25, 0.3) is 0 Å². The topological polar surface area (TPSA) is 73.6 Å². The molecule has 6 nitrogen and oxygen atoms in total. The van der Waals surface area contributed by atoms with Gasteiger partial charge in [0.15, 0.2) is 11.9 Å². The lowest BCUT2D eigenvalue weighted by atomic mass is 9.75. The number of nitrogens with zero attached hydrogens (tertiary/aromatic N) is 2. The predicted octanol–water partition coefficient (Wildman–Crippen LogP) is 1.47. The molecule has 2 unspecified atom stereocenters. The van der Waals surface area contributed by atoms with Crippen LogP contribution in [-0.2, 0) is 22.3 Å². The van der Waals surface area contributed by atoms with Crippen LogP contribution in [0.4, 0.5) is 0 Å². The molecule has 1 aromatic heterocycles. The maximum atomic E-state index is 12.1. The normalized spacial score (nSPS) is 27.9. The van der Waals surface area contributed by atoms with Crippen LogP contribution >= 0.6 is 0 Å². The Hall–Kier alpha value is -1.40. The van der Waals surface area contributed by atoms with E-state index in [-0.39, 0.29) is 24.2 Å². The summed E-state index contributed by atoms with van der Waals surface area (Å²) in [5, 5.41) is 14.1. The fourth-order valence-corrected chi connectivity index (χ4v) is 3.03. The molecule has 1 fully saturated rings. The number of carbonyl (C=O) groups excluding carboxylic acids is 1. The van der Waals surface area contributed by atoms with Crippen LogP contribution in [0.1, 0.15) is 54.7 Å². The van der Waals surface area contributed by atoms with Crippen LogP contribution in [0.5, 0.6) is 0 Å². The molecule has 21 heavy (non-hydrogen) atoms. The molecule has 1 aliphatic carbocycles. The first-order chi connectivity index (χ1) is 10.1. The van der Waals surface area contributed by atoms with Crippen LogP contribution in [0.3, 0.4) is 0 Å². The molecule has 116 valence electrons. The Bertz CT molecular complexity index is 550. The van der Waals surface area contributed by atoms with Crippen molar-refractivity contribution in [3.8, 4) is 0 Å². The van der Waals surface area contributed by atoms with E-state index in [9.17, 15) is 9.90 Å². The second-order valence-corrected chi connectivity index (χ2v) is 6.20. The molecule has 3 rings (SSSR count). The van der Waals surface area contributed by atoms with E-state index in [1.54, 1.807) is 6.92 Å². The highest BCUT2D eigenvalue weighted by Crippen LogP contribution is 2.39. The minimum Gasteiger partial charge on any atom is -0.461 e. The van der Waals surface area contributed by atoms with E-state index in [4.69, 9.17) is 9.47 Å². The van der Waals surface area contributed by atoms with Crippen molar-refractivity contribution in [2.45, 2.75) is 45.8 Å². The molecule has 0 saturated carbocycles. The summed E-state index contributed by atoms with van der Waals surface area (Å²) in [5.74, 6) is -0.362. The number of rotatable bonds is 4. The highest BCUT2D eigenvalue weighted by molar-refractivity contribution is 5.89. The fraction of sp³-hybridized carbons (Fsp3) is 0.733. The quantitative estimate of drug-likeness (QED) is 0.851. The second kappa shape index (κ2) is 5.42. The number of aliphatic hydroxyl groups excluding tert-OH is 1. The number of carbonyl (C=O) groups is 1. The molecule has 6 heteroatoms. The Morgan fingerprint density at radius 3 is 2.95 bits per heavy atom. The van der Waals surface area contributed by atoms with Gasteiger partial charge in [-0.15, -0.1) is 0 Å². The van der Waals surface area contributed by atoms with Crippen molar-refractivity contribution in [2.24, 2.45) is 5.41 Å². The molecule has 1 N–H and O–H groups in total. The molecule has 2 heterocycles. The number of hydrogen-bond acceptors (Lipinski definition) is 5. The summed E-state index contributed by atoms with van der Waals surface area (Å²) < 4.78 is 12.5. The molecule has 0 radical (unpaired) electrons. The van der Waals surface area contributed by atoms with E-state index < -0.39 is 0 Å². The van der Waals surface area contributed by atoms with Crippen LogP contribution < -0.4 is 0 Å². The van der Waals surface area contributed by atoms with Crippen molar-refractivity contribution in [1.82, 2.24) is 9.78 Å². The van der Waals surface area contributed by atoms with Gasteiger partial charge in [0.05, 0.1) is 13.2 Å². The van der Waals surface area contributed by atoms with Gasteiger partial charge in [0.1, 0.15) is 0 Å². The summed E-state index contributed by atoms with van der Waals surface area (Å²) in [6.45, 7) is 5.07. The summed E-state index contributed by atoms with van der Waals surface area (Å²) in [4.78, 5) is 12.1. The summed E-state index contributed by atoms with van der Waals surface area (Å²) in [6, 6.07) is 0. The van der Waals surface area contributed by atoms with Crippen LogP contribution in [0.2, 0.25) is 0 Å². The van der Waals surface area contributed by atoms with E-state index >= 15 is 0 Å². The third-order valence-electron chi connectivity index (χ3n) is 4.49. The smallest absolute Gasteiger partial charge is 0.359 e. The SMILES string of the molecule is CCOC(=O)c1nn(C2CCO2)c2c1CCC(C)(CO)C2. The third kappa shape index (κ3) is 2.46. The van der Waals surface area contributed by atoms with E-state index in [0.29, 0.717) is 18.7 Å².